The Hall–Kier alpha value is -2.16. The summed E-state index contributed by atoms with van der Waals surface area (Å²) in [7, 11) is 1.89. The fourth-order valence-electron chi connectivity index (χ4n) is 1.67. The molecular weight excluding hydrogens is 238 g/mol. The van der Waals surface area contributed by atoms with Crippen LogP contribution in [0.3, 0.4) is 0 Å². The lowest BCUT2D eigenvalue weighted by atomic mass is 10.2. The van der Waals surface area contributed by atoms with E-state index < -0.39 is 0 Å². The summed E-state index contributed by atoms with van der Waals surface area (Å²) in [6, 6.07) is 15.9. The second-order valence-corrected chi connectivity index (χ2v) is 4.28. The summed E-state index contributed by atoms with van der Waals surface area (Å²) < 4.78 is 11.2. The Kier molecular flexibility index (Phi) is 4.67. The van der Waals surface area contributed by atoms with E-state index in [2.05, 4.69) is 12.2 Å². The Morgan fingerprint density at radius 3 is 1.74 bits per heavy atom. The maximum absolute atomic E-state index is 5.60. The number of hydrogen-bond acceptors (Lipinski definition) is 3. The van der Waals surface area contributed by atoms with Crippen LogP contribution in [0.2, 0.25) is 0 Å². The van der Waals surface area contributed by atoms with Crippen molar-refractivity contribution in [3.05, 3.63) is 54.1 Å². The van der Waals surface area contributed by atoms with Crippen LogP contribution in [-0.2, 0) is 0 Å². The minimum absolute atomic E-state index is 0.535. The summed E-state index contributed by atoms with van der Waals surface area (Å²) in [5.41, 5.74) is 2.30. The predicted molar refractivity (Wildman–Crippen MR) is 78.2 cm³/mol. The van der Waals surface area contributed by atoms with Crippen molar-refractivity contribution in [2.75, 3.05) is 25.6 Å². The molecule has 0 aliphatic rings. The first-order valence-electron chi connectivity index (χ1n) is 6.38. The Morgan fingerprint density at radius 2 is 1.26 bits per heavy atom. The van der Waals surface area contributed by atoms with Gasteiger partial charge in [-0.3, -0.25) is 0 Å². The van der Waals surface area contributed by atoms with Gasteiger partial charge in [-0.05, 0) is 43.3 Å². The third-order valence-corrected chi connectivity index (χ3v) is 2.78. The number of ether oxygens (including phenoxy) is 2. The molecule has 2 aromatic rings. The monoisotopic (exact) mass is 257 g/mol. The Labute approximate surface area is 114 Å². The molecule has 0 unspecified atom stereocenters. The van der Waals surface area contributed by atoms with Gasteiger partial charge in [-0.25, -0.2) is 0 Å². The van der Waals surface area contributed by atoms with Crippen LogP contribution in [0.5, 0.6) is 11.5 Å². The van der Waals surface area contributed by atoms with E-state index in [-0.39, 0.29) is 0 Å². The summed E-state index contributed by atoms with van der Waals surface area (Å²) in [4.78, 5) is 0. The van der Waals surface area contributed by atoms with Gasteiger partial charge in [-0.1, -0.05) is 17.7 Å². The van der Waals surface area contributed by atoms with Crippen LogP contribution in [0.4, 0.5) is 5.69 Å². The molecule has 2 aromatic carbocycles. The highest BCUT2D eigenvalue weighted by Crippen LogP contribution is 2.15. The first kappa shape index (κ1) is 13.3. The highest BCUT2D eigenvalue weighted by Gasteiger charge is 1.96. The molecule has 0 atom stereocenters. The Morgan fingerprint density at radius 1 is 0.789 bits per heavy atom. The molecule has 0 saturated carbocycles. The van der Waals surface area contributed by atoms with Crippen LogP contribution in [0.15, 0.2) is 48.5 Å². The topological polar surface area (TPSA) is 30.5 Å². The third-order valence-electron chi connectivity index (χ3n) is 2.78. The van der Waals surface area contributed by atoms with Gasteiger partial charge < -0.3 is 14.8 Å². The first-order chi connectivity index (χ1) is 9.28. The van der Waals surface area contributed by atoms with Gasteiger partial charge in [0.25, 0.3) is 0 Å². The lowest BCUT2D eigenvalue weighted by molar-refractivity contribution is 0.217. The summed E-state index contributed by atoms with van der Waals surface area (Å²) in [5, 5.41) is 3.07. The van der Waals surface area contributed by atoms with E-state index in [1.54, 1.807) is 0 Å². The highest BCUT2D eigenvalue weighted by atomic mass is 16.5. The smallest absolute Gasteiger partial charge is 0.122 e. The predicted octanol–water partition coefficient (Wildman–Crippen LogP) is 3.49. The lowest BCUT2D eigenvalue weighted by Gasteiger charge is -2.09. The summed E-state index contributed by atoms with van der Waals surface area (Å²) in [6.45, 7) is 3.13. The van der Waals surface area contributed by atoms with Crippen molar-refractivity contribution < 1.29 is 9.47 Å². The molecule has 0 heterocycles. The zero-order valence-electron chi connectivity index (χ0n) is 11.3. The third kappa shape index (κ3) is 4.21. The van der Waals surface area contributed by atoms with Crippen LogP contribution >= 0.6 is 0 Å². The van der Waals surface area contributed by atoms with Gasteiger partial charge in [-0.15, -0.1) is 0 Å². The fraction of sp³-hybridized carbons (Fsp3) is 0.250. The van der Waals surface area contributed by atoms with Gasteiger partial charge in [0.15, 0.2) is 0 Å². The summed E-state index contributed by atoms with van der Waals surface area (Å²) in [5.74, 6) is 1.73. The molecule has 0 aliphatic heterocycles. The number of nitrogens with one attached hydrogen (secondary N) is 1. The van der Waals surface area contributed by atoms with E-state index in [0.717, 1.165) is 17.2 Å². The van der Waals surface area contributed by atoms with E-state index >= 15 is 0 Å². The average Bonchev–Trinajstić information content (AvgIpc) is 2.46. The van der Waals surface area contributed by atoms with Crippen molar-refractivity contribution >= 4 is 5.69 Å². The normalized spacial score (nSPS) is 10.0. The number of rotatable bonds is 6. The van der Waals surface area contributed by atoms with Crippen LogP contribution in [0.25, 0.3) is 0 Å². The minimum Gasteiger partial charge on any atom is -0.490 e. The van der Waals surface area contributed by atoms with Crippen LogP contribution < -0.4 is 14.8 Å². The van der Waals surface area contributed by atoms with Crippen molar-refractivity contribution in [2.45, 2.75) is 6.92 Å². The van der Waals surface area contributed by atoms with Gasteiger partial charge in [0.2, 0.25) is 0 Å². The molecule has 0 spiro atoms. The second kappa shape index (κ2) is 6.69. The summed E-state index contributed by atoms with van der Waals surface area (Å²) in [6.07, 6.45) is 0. The van der Waals surface area contributed by atoms with E-state index in [1.165, 1.54) is 5.56 Å². The van der Waals surface area contributed by atoms with Gasteiger partial charge >= 0.3 is 0 Å². The zero-order chi connectivity index (χ0) is 13.5. The van der Waals surface area contributed by atoms with Crippen molar-refractivity contribution in [1.82, 2.24) is 0 Å². The standard InChI is InChI=1S/C16H19NO2/c1-13-3-7-15(8-4-13)18-11-12-19-16-9-5-14(17-2)6-10-16/h3-10,17H,11-12H2,1-2H3. The van der Waals surface area contributed by atoms with Crippen molar-refractivity contribution in [2.24, 2.45) is 0 Å². The van der Waals surface area contributed by atoms with E-state index in [9.17, 15) is 0 Å². The number of benzene rings is 2. The largest absolute Gasteiger partial charge is 0.490 e. The van der Waals surface area contributed by atoms with Crippen LogP contribution in [0.1, 0.15) is 5.56 Å². The lowest BCUT2D eigenvalue weighted by Crippen LogP contribution is -2.08. The molecule has 3 nitrogen and oxygen atoms in total. The van der Waals surface area contributed by atoms with E-state index in [1.807, 2.05) is 55.6 Å². The molecule has 0 saturated heterocycles. The van der Waals surface area contributed by atoms with Crippen molar-refractivity contribution in [1.29, 1.82) is 0 Å². The maximum Gasteiger partial charge on any atom is 0.122 e. The van der Waals surface area contributed by atoms with Crippen molar-refractivity contribution in [3.8, 4) is 11.5 Å². The molecular formula is C16H19NO2. The maximum atomic E-state index is 5.60. The molecule has 0 aromatic heterocycles. The number of aryl methyl sites for hydroxylation is 1. The summed E-state index contributed by atoms with van der Waals surface area (Å²) >= 11 is 0. The average molecular weight is 257 g/mol. The highest BCUT2D eigenvalue weighted by molar-refractivity contribution is 5.45. The fourth-order valence-corrected chi connectivity index (χ4v) is 1.67. The zero-order valence-corrected chi connectivity index (χ0v) is 11.3. The van der Waals surface area contributed by atoms with Crippen LogP contribution in [-0.4, -0.2) is 20.3 Å². The number of anilines is 1. The molecule has 3 heteroatoms. The SMILES string of the molecule is CNc1ccc(OCCOc2ccc(C)cc2)cc1. The molecule has 0 fully saturated rings. The minimum atomic E-state index is 0.535. The van der Waals surface area contributed by atoms with Gasteiger partial charge in [0, 0.05) is 12.7 Å². The molecule has 100 valence electrons. The van der Waals surface area contributed by atoms with Crippen molar-refractivity contribution in [3.63, 3.8) is 0 Å². The van der Waals surface area contributed by atoms with E-state index in [0.29, 0.717) is 13.2 Å². The van der Waals surface area contributed by atoms with E-state index in [4.69, 9.17) is 9.47 Å². The van der Waals surface area contributed by atoms with Gasteiger partial charge in [0.1, 0.15) is 24.7 Å². The quantitative estimate of drug-likeness (QED) is 0.803. The molecule has 2 rings (SSSR count). The molecule has 0 aliphatic carbocycles. The molecule has 0 bridgehead atoms. The molecule has 0 radical (unpaired) electrons. The van der Waals surface area contributed by atoms with Gasteiger partial charge in [-0.2, -0.15) is 0 Å². The molecule has 1 N–H and O–H groups in total. The molecule has 19 heavy (non-hydrogen) atoms. The number of hydrogen-bond donors (Lipinski definition) is 1. The second-order valence-electron chi connectivity index (χ2n) is 4.28. The van der Waals surface area contributed by atoms with Gasteiger partial charge in [0.05, 0.1) is 0 Å². The Bertz CT molecular complexity index is 491. The first-order valence-corrected chi connectivity index (χ1v) is 6.38. The molecule has 0 amide bonds. The van der Waals surface area contributed by atoms with Crippen LogP contribution in [0, 0.1) is 6.92 Å². The Balaban J connectivity index is 1.72.